The average Bonchev–Trinajstić information content (AvgIpc) is 2.89. The first-order valence-electron chi connectivity index (χ1n) is 12.4. The van der Waals surface area contributed by atoms with Crippen LogP contribution in [0.1, 0.15) is 71.2 Å². The van der Waals surface area contributed by atoms with E-state index in [4.69, 9.17) is 4.74 Å². The highest BCUT2D eigenvalue weighted by atomic mass is 16.5. The predicted octanol–water partition coefficient (Wildman–Crippen LogP) is 5.65. The lowest BCUT2D eigenvalue weighted by Gasteiger charge is -2.46. The first kappa shape index (κ1) is 23.1. The molecular weight excluding hydrogens is 438 g/mol. The first-order chi connectivity index (χ1) is 17.1. The zero-order valence-electron chi connectivity index (χ0n) is 20.2. The van der Waals surface area contributed by atoms with E-state index in [1.807, 2.05) is 72.5 Å². The Labute approximate surface area is 206 Å². The van der Waals surface area contributed by atoms with Crippen LogP contribution in [0, 0.1) is 6.92 Å². The summed E-state index contributed by atoms with van der Waals surface area (Å²) in [7, 11) is 1.63. The number of carbonyl (C=O) groups is 2. The molecule has 0 unspecified atom stereocenters. The van der Waals surface area contributed by atoms with E-state index in [9.17, 15) is 9.59 Å². The molecule has 6 nitrogen and oxygen atoms in total. The fraction of sp³-hybridized carbons (Fsp3) is 0.345. The maximum Gasteiger partial charge on any atom is 0.254 e. The molecule has 2 heterocycles. The fourth-order valence-electron chi connectivity index (χ4n) is 5.57. The van der Waals surface area contributed by atoms with Crippen LogP contribution in [0.15, 0.2) is 66.7 Å². The summed E-state index contributed by atoms with van der Waals surface area (Å²) in [6.45, 7) is 1.90. The standard InChI is InChI=1S/C29H31N3O3/c1-19-9-8-14-25(30-19)31-28(33)26-23-12-6-7-13-24(23)29(34)32(21-10-4-3-5-11-21)27(26)20-15-17-22(35-2)18-16-20/h6-9,12-18,21,26-27H,3-5,10-11H2,1-2H3,(H,30,31,33)/t26-,27+/m1/s1. The maximum atomic E-state index is 14.0. The van der Waals surface area contributed by atoms with Crippen molar-refractivity contribution in [1.82, 2.24) is 9.88 Å². The number of ether oxygens (including phenoxy) is 1. The van der Waals surface area contributed by atoms with Crippen LogP contribution in [0.25, 0.3) is 0 Å². The number of pyridine rings is 1. The molecule has 0 spiro atoms. The van der Waals surface area contributed by atoms with Crippen LogP contribution in [0.3, 0.4) is 0 Å². The summed E-state index contributed by atoms with van der Waals surface area (Å²) < 4.78 is 5.37. The summed E-state index contributed by atoms with van der Waals surface area (Å²) in [5.74, 6) is 0.532. The second-order valence-corrected chi connectivity index (χ2v) is 9.44. The number of nitrogens with one attached hydrogen (secondary N) is 1. The molecule has 1 aromatic heterocycles. The van der Waals surface area contributed by atoms with Gasteiger partial charge in [-0.1, -0.05) is 55.7 Å². The molecule has 2 aromatic carbocycles. The van der Waals surface area contributed by atoms with Crippen LogP contribution in [0.5, 0.6) is 5.75 Å². The summed E-state index contributed by atoms with van der Waals surface area (Å²) in [4.78, 5) is 34.4. The number of rotatable bonds is 5. The number of benzene rings is 2. The lowest BCUT2D eigenvalue weighted by molar-refractivity contribution is -0.119. The minimum absolute atomic E-state index is 0.00560. The van der Waals surface area contributed by atoms with Crippen LogP contribution in [-0.4, -0.2) is 34.8 Å². The Balaban J connectivity index is 1.63. The second kappa shape index (κ2) is 9.90. The molecule has 35 heavy (non-hydrogen) atoms. The Morgan fingerprint density at radius 1 is 0.971 bits per heavy atom. The van der Waals surface area contributed by atoms with Crippen molar-refractivity contribution in [2.45, 2.75) is 57.0 Å². The van der Waals surface area contributed by atoms with E-state index in [-0.39, 0.29) is 17.9 Å². The quantitative estimate of drug-likeness (QED) is 0.524. The van der Waals surface area contributed by atoms with Crippen LogP contribution >= 0.6 is 0 Å². The minimum atomic E-state index is -0.568. The highest BCUT2D eigenvalue weighted by molar-refractivity contribution is 6.04. The molecule has 1 aliphatic heterocycles. The zero-order valence-corrected chi connectivity index (χ0v) is 20.2. The van der Waals surface area contributed by atoms with Crippen molar-refractivity contribution in [1.29, 1.82) is 0 Å². The Morgan fingerprint density at radius 3 is 2.43 bits per heavy atom. The molecule has 0 saturated heterocycles. The van der Waals surface area contributed by atoms with E-state index in [1.165, 1.54) is 6.42 Å². The molecule has 1 aliphatic carbocycles. The molecule has 0 bridgehead atoms. The van der Waals surface area contributed by atoms with Crippen molar-refractivity contribution in [3.8, 4) is 5.75 Å². The van der Waals surface area contributed by atoms with Gasteiger partial charge in [-0.25, -0.2) is 4.98 Å². The Morgan fingerprint density at radius 2 is 1.71 bits per heavy atom. The van der Waals surface area contributed by atoms with Gasteiger partial charge in [0.15, 0.2) is 0 Å². The van der Waals surface area contributed by atoms with Crippen molar-refractivity contribution in [2.75, 3.05) is 12.4 Å². The fourth-order valence-corrected chi connectivity index (χ4v) is 5.57. The number of hydrogen-bond acceptors (Lipinski definition) is 4. The van der Waals surface area contributed by atoms with Gasteiger partial charge in [0, 0.05) is 17.3 Å². The predicted molar refractivity (Wildman–Crippen MR) is 136 cm³/mol. The van der Waals surface area contributed by atoms with Crippen LogP contribution in [0.4, 0.5) is 5.82 Å². The second-order valence-electron chi connectivity index (χ2n) is 9.44. The number of aryl methyl sites for hydroxylation is 1. The summed E-state index contributed by atoms with van der Waals surface area (Å²) in [5.41, 5.74) is 3.13. The molecule has 2 atom stereocenters. The third kappa shape index (κ3) is 4.53. The zero-order chi connectivity index (χ0) is 24.4. The van der Waals surface area contributed by atoms with E-state index in [0.29, 0.717) is 11.4 Å². The van der Waals surface area contributed by atoms with Gasteiger partial charge in [-0.2, -0.15) is 0 Å². The third-order valence-corrected chi connectivity index (χ3v) is 7.22. The van der Waals surface area contributed by atoms with Gasteiger partial charge in [0.2, 0.25) is 5.91 Å². The van der Waals surface area contributed by atoms with Gasteiger partial charge in [-0.05, 0) is 61.2 Å². The number of aromatic nitrogens is 1. The Kier molecular flexibility index (Phi) is 6.53. The van der Waals surface area contributed by atoms with Gasteiger partial charge >= 0.3 is 0 Å². The SMILES string of the molecule is COc1ccc([C@H]2[C@H](C(=O)Nc3cccc(C)n3)c3ccccc3C(=O)N2C2CCCCC2)cc1. The number of carbonyl (C=O) groups excluding carboxylic acids is 2. The van der Waals surface area contributed by atoms with Crippen molar-refractivity contribution in [3.05, 3.63) is 89.1 Å². The van der Waals surface area contributed by atoms with Gasteiger partial charge in [-0.3, -0.25) is 9.59 Å². The molecule has 1 N–H and O–H groups in total. The third-order valence-electron chi connectivity index (χ3n) is 7.22. The largest absolute Gasteiger partial charge is 0.497 e. The van der Waals surface area contributed by atoms with Gasteiger partial charge in [0.1, 0.15) is 11.6 Å². The molecule has 1 fully saturated rings. The Hall–Kier alpha value is -3.67. The van der Waals surface area contributed by atoms with Crippen molar-refractivity contribution >= 4 is 17.6 Å². The molecule has 2 amide bonds. The molecule has 6 heteroatoms. The van der Waals surface area contributed by atoms with Crippen molar-refractivity contribution < 1.29 is 14.3 Å². The molecule has 2 aliphatic rings. The van der Waals surface area contributed by atoms with E-state index < -0.39 is 12.0 Å². The van der Waals surface area contributed by atoms with E-state index in [0.717, 1.165) is 48.3 Å². The van der Waals surface area contributed by atoms with Gasteiger partial charge < -0.3 is 15.0 Å². The van der Waals surface area contributed by atoms with Crippen molar-refractivity contribution in [2.24, 2.45) is 0 Å². The van der Waals surface area contributed by atoms with Gasteiger partial charge in [0.05, 0.1) is 19.1 Å². The highest BCUT2D eigenvalue weighted by Gasteiger charge is 2.46. The summed E-state index contributed by atoms with van der Waals surface area (Å²) >= 11 is 0. The molecule has 0 radical (unpaired) electrons. The molecule has 5 rings (SSSR count). The monoisotopic (exact) mass is 469 g/mol. The van der Waals surface area contributed by atoms with Crippen molar-refractivity contribution in [3.63, 3.8) is 0 Å². The van der Waals surface area contributed by atoms with E-state index >= 15 is 0 Å². The summed E-state index contributed by atoms with van der Waals surface area (Å²) in [5, 5.41) is 3.04. The number of nitrogens with zero attached hydrogens (tertiary/aromatic N) is 2. The van der Waals surface area contributed by atoms with Crippen LogP contribution < -0.4 is 10.1 Å². The van der Waals surface area contributed by atoms with Gasteiger partial charge in [0.25, 0.3) is 5.91 Å². The summed E-state index contributed by atoms with van der Waals surface area (Å²) in [6, 6.07) is 20.6. The smallest absolute Gasteiger partial charge is 0.254 e. The average molecular weight is 470 g/mol. The normalized spacial score (nSPS) is 20.3. The van der Waals surface area contributed by atoms with Crippen LogP contribution in [0.2, 0.25) is 0 Å². The molecular formula is C29H31N3O3. The van der Waals surface area contributed by atoms with Gasteiger partial charge in [-0.15, -0.1) is 0 Å². The molecule has 180 valence electrons. The highest BCUT2D eigenvalue weighted by Crippen LogP contribution is 2.46. The lowest BCUT2D eigenvalue weighted by atomic mass is 9.77. The van der Waals surface area contributed by atoms with Crippen LogP contribution in [-0.2, 0) is 4.79 Å². The summed E-state index contributed by atoms with van der Waals surface area (Å²) in [6.07, 6.45) is 5.28. The number of anilines is 1. The number of methoxy groups -OCH3 is 1. The number of hydrogen-bond donors (Lipinski definition) is 1. The number of fused-ring (bicyclic) bond motifs is 1. The Bertz CT molecular complexity index is 1220. The first-order valence-corrected chi connectivity index (χ1v) is 12.4. The maximum absolute atomic E-state index is 14.0. The minimum Gasteiger partial charge on any atom is -0.497 e. The lowest BCUT2D eigenvalue weighted by Crippen LogP contribution is -2.51. The van der Waals surface area contributed by atoms with E-state index in [1.54, 1.807) is 13.2 Å². The number of amides is 2. The van der Waals surface area contributed by atoms with E-state index in [2.05, 4.69) is 10.3 Å². The topological polar surface area (TPSA) is 71.5 Å². The molecule has 1 saturated carbocycles. The molecule has 3 aromatic rings.